The fourth-order valence-corrected chi connectivity index (χ4v) is 3.63. The Morgan fingerprint density at radius 3 is 2.67 bits per heavy atom. The van der Waals surface area contributed by atoms with Crippen molar-refractivity contribution in [3.8, 4) is 11.4 Å². The number of hydrogen-bond acceptors (Lipinski definition) is 4. The van der Waals surface area contributed by atoms with Gasteiger partial charge in [0.2, 0.25) is 5.91 Å². The molecule has 3 aromatic rings. The minimum absolute atomic E-state index is 0.156. The Morgan fingerprint density at radius 1 is 1.26 bits per heavy atom. The Kier molecular flexibility index (Phi) is 6.13. The maximum absolute atomic E-state index is 13.1. The molecule has 0 saturated carbocycles. The zero-order chi connectivity index (χ0) is 19.4. The number of rotatable bonds is 6. The Hall–Kier alpha value is -2.38. The number of nitrogens with zero attached hydrogens (tertiary/aromatic N) is 3. The highest BCUT2D eigenvalue weighted by molar-refractivity contribution is 8.00. The molecule has 1 atom stereocenters. The molecule has 1 amide bonds. The van der Waals surface area contributed by atoms with E-state index in [0.717, 1.165) is 17.5 Å². The third-order valence-electron chi connectivity index (χ3n) is 3.91. The molecule has 0 aliphatic heterocycles. The van der Waals surface area contributed by atoms with Crippen LogP contribution in [0.25, 0.3) is 11.4 Å². The number of aromatic nitrogens is 3. The number of carbonyl (C=O) groups is 1. The molecule has 27 heavy (non-hydrogen) atoms. The first kappa shape index (κ1) is 19.4. The highest BCUT2D eigenvalue weighted by Crippen LogP contribution is 2.28. The lowest BCUT2D eigenvalue weighted by molar-refractivity contribution is -0.115. The lowest BCUT2D eigenvalue weighted by atomic mass is 10.2. The fourth-order valence-electron chi connectivity index (χ4n) is 2.50. The van der Waals surface area contributed by atoms with Gasteiger partial charge in [0.05, 0.1) is 16.0 Å². The van der Waals surface area contributed by atoms with Crippen LogP contribution in [0, 0.1) is 5.82 Å². The maximum Gasteiger partial charge on any atom is 0.237 e. The second kappa shape index (κ2) is 8.54. The molecular weight excluding hydrogens is 387 g/mol. The van der Waals surface area contributed by atoms with E-state index in [4.69, 9.17) is 11.6 Å². The summed E-state index contributed by atoms with van der Waals surface area (Å²) in [5.74, 6) is 0.0557. The average Bonchev–Trinajstić information content (AvgIpc) is 3.07. The van der Waals surface area contributed by atoms with E-state index in [0.29, 0.717) is 17.4 Å². The quantitative estimate of drug-likeness (QED) is 0.595. The van der Waals surface area contributed by atoms with Gasteiger partial charge in [0.25, 0.3) is 0 Å². The van der Waals surface area contributed by atoms with Gasteiger partial charge in [-0.15, -0.1) is 10.2 Å². The number of carbonyl (C=O) groups excluding carboxylic acids is 1. The molecule has 0 spiro atoms. The molecule has 3 rings (SSSR count). The summed E-state index contributed by atoms with van der Waals surface area (Å²) in [6.07, 6.45) is 0. The minimum Gasteiger partial charge on any atom is -0.324 e. The highest BCUT2D eigenvalue weighted by Gasteiger charge is 2.21. The van der Waals surface area contributed by atoms with Crippen LogP contribution in [0.2, 0.25) is 5.02 Å². The van der Waals surface area contributed by atoms with Crippen LogP contribution in [0.15, 0.2) is 53.7 Å². The van der Waals surface area contributed by atoms with E-state index in [9.17, 15) is 9.18 Å². The number of benzene rings is 2. The molecule has 0 fully saturated rings. The zero-order valence-electron chi connectivity index (χ0n) is 14.8. The van der Waals surface area contributed by atoms with Gasteiger partial charge in [-0.1, -0.05) is 53.7 Å². The molecule has 140 valence electrons. The van der Waals surface area contributed by atoms with Crippen molar-refractivity contribution in [2.24, 2.45) is 0 Å². The van der Waals surface area contributed by atoms with Crippen LogP contribution >= 0.6 is 23.4 Å². The van der Waals surface area contributed by atoms with Gasteiger partial charge in [-0.25, -0.2) is 4.39 Å². The summed E-state index contributed by atoms with van der Waals surface area (Å²) in [5, 5.41) is 11.6. The summed E-state index contributed by atoms with van der Waals surface area (Å²) in [5.41, 5.74) is 1.34. The molecule has 1 N–H and O–H groups in total. The number of halogens is 2. The zero-order valence-corrected chi connectivity index (χ0v) is 16.4. The van der Waals surface area contributed by atoms with Gasteiger partial charge in [-0.2, -0.15) is 0 Å². The molecular formula is C19H18ClFN4OS. The summed E-state index contributed by atoms with van der Waals surface area (Å²) in [6.45, 7) is 4.45. The van der Waals surface area contributed by atoms with Gasteiger partial charge in [0, 0.05) is 12.1 Å². The molecule has 8 heteroatoms. The summed E-state index contributed by atoms with van der Waals surface area (Å²) < 4.78 is 15.1. The Morgan fingerprint density at radius 2 is 2.00 bits per heavy atom. The number of nitrogens with one attached hydrogen (secondary N) is 1. The largest absolute Gasteiger partial charge is 0.324 e. The monoisotopic (exact) mass is 404 g/mol. The predicted molar refractivity (Wildman–Crippen MR) is 106 cm³/mol. The second-order valence-electron chi connectivity index (χ2n) is 5.79. The van der Waals surface area contributed by atoms with Crippen molar-refractivity contribution >= 4 is 35.0 Å². The fraction of sp³-hybridized carbons (Fsp3) is 0.211. The van der Waals surface area contributed by atoms with Crippen molar-refractivity contribution in [3.05, 3.63) is 59.4 Å². The molecule has 1 heterocycles. The molecule has 0 saturated heterocycles. The smallest absolute Gasteiger partial charge is 0.237 e. The van der Waals surface area contributed by atoms with Crippen LogP contribution in [-0.4, -0.2) is 25.9 Å². The van der Waals surface area contributed by atoms with E-state index in [1.807, 2.05) is 41.8 Å². The summed E-state index contributed by atoms with van der Waals surface area (Å²) in [4.78, 5) is 12.5. The molecule has 0 radical (unpaired) electrons. The minimum atomic E-state index is -0.454. The van der Waals surface area contributed by atoms with E-state index >= 15 is 0 Å². The third kappa shape index (κ3) is 4.48. The van der Waals surface area contributed by atoms with Crippen LogP contribution in [0.1, 0.15) is 13.8 Å². The van der Waals surface area contributed by atoms with Crippen LogP contribution in [0.3, 0.4) is 0 Å². The third-order valence-corrected chi connectivity index (χ3v) is 5.30. The highest BCUT2D eigenvalue weighted by atomic mass is 35.5. The Balaban J connectivity index is 1.75. The van der Waals surface area contributed by atoms with Gasteiger partial charge in [0.15, 0.2) is 11.0 Å². The summed E-state index contributed by atoms with van der Waals surface area (Å²) >= 11 is 7.28. The number of anilines is 1. The molecule has 5 nitrogen and oxygen atoms in total. The maximum atomic E-state index is 13.1. The van der Waals surface area contributed by atoms with Crippen molar-refractivity contribution in [1.82, 2.24) is 14.8 Å². The van der Waals surface area contributed by atoms with Crippen molar-refractivity contribution in [2.45, 2.75) is 30.8 Å². The van der Waals surface area contributed by atoms with E-state index in [-0.39, 0.29) is 10.9 Å². The van der Waals surface area contributed by atoms with Crippen LogP contribution in [-0.2, 0) is 11.3 Å². The van der Waals surface area contributed by atoms with Crippen LogP contribution in [0.4, 0.5) is 10.1 Å². The lowest BCUT2D eigenvalue weighted by Gasteiger charge is -2.13. The number of thioether (sulfide) groups is 1. The SMILES string of the molecule is CCn1c(SC(C)C(=O)Nc2ccc(F)cc2Cl)nnc1-c1ccccc1. The topological polar surface area (TPSA) is 59.8 Å². The first-order valence-corrected chi connectivity index (χ1v) is 9.66. The van der Waals surface area contributed by atoms with Crippen molar-refractivity contribution in [1.29, 1.82) is 0 Å². The first-order valence-electron chi connectivity index (χ1n) is 8.40. The van der Waals surface area contributed by atoms with Gasteiger partial charge in [-0.3, -0.25) is 4.79 Å². The van der Waals surface area contributed by atoms with E-state index in [2.05, 4.69) is 15.5 Å². The predicted octanol–water partition coefficient (Wildman–Crippen LogP) is 4.88. The standard InChI is InChI=1S/C19H18ClFN4OS/c1-3-25-17(13-7-5-4-6-8-13)23-24-19(25)27-12(2)18(26)22-16-10-9-14(21)11-15(16)20/h4-12H,3H2,1-2H3,(H,22,26). The normalized spacial score (nSPS) is 12.0. The van der Waals surface area contributed by atoms with Crippen LogP contribution < -0.4 is 5.32 Å². The van der Waals surface area contributed by atoms with Crippen molar-refractivity contribution < 1.29 is 9.18 Å². The molecule has 0 bridgehead atoms. The van der Waals surface area contributed by atoms with Gasteiger partial charge >= 0.3 is 0 Å². The molecule has 1 unspecified atom stereocenters. The Labute approximate surface area is 166 Å². The lowest BCUT2D eigenvalue weighted by Crippen LogP contribution is -2.23. The van der Waals surface area contributed by atoms with Gasteiger partial charge in [-0.05, 0) is 32.0 Å². The summed E-state index contributed by atoms with van der Waals surface area (Å²) in [7, 11) is 0. The molecule has 0 aliphatic rings. The van der Waals surface area contributed by atoms with E-state index < -0.39 is 11.1 Å². The van der Waals surface area contributed by atoms with Gasteiger partial charge in [0.1, 0.15) is 5.82 Å². The van der Waals surface area contributed by atoms with E-state index in [1.54, 1.807) is 6.92 Å². The van der Waals surface area contributed by atoms with Crippen molar-refractivity contribution in [3.63, 3.8) is 0 Å². The summed E-state index contributed by atoms with van der Waals surface area (Å²) in [6, 6.07) is 13.6. The number of hydrogen-bond donors (Lipinski definition) is 1. The number of amides is 1. The average molecular weight is 405 g/mol. The molecule has 0 aliphatic carbocycles. The van der Waals surface area contributed by atoms with E-state index in [1.165, 1.54) is 23.9 Å². The van der Waals surface area contributed by atoms with Crippen molar-refractivity contribution in [2.75, 3.05) is 5.32 Å². The first-order chi connectivity index (χ1) is 13.0. The van der Waals surface area contributed by atoms with Crippen LogP contribution in [0.5, 0.6) is 0 Å². The molecule has 2 aromatic carbocycles. The molecule has 1 aromatic heterocycles. The Bertz CT molecular complexity index is 948. The van der Waals surface area contributed by atoms with Gasteiger partial charge < -0.3 is 9.88 Å². The second-order valence-corrected chi connectivity index (χ2v) is 7.51.